The summed E-state index contributed by atoms with van der Waals surface area (Å²) in [6, 6.07) is 10.3. The summed E-state index contributed by atoms with van der Waals surface area (Å²) in [6.07, 6.45) is 2.03. The molecular weight excluding hydrogens is 338 g/mol. The molecule has 0 saturated heterocycles. The highest BCUT2D eigenvalue weighted by atomic mass is 32.2. The number of fused-ring (bicyclic) bond motifs is 1. The number of aromatic nitrogens is 4. The van der Waals surface area contributed by atoms with E-state index >= 15 is 0 Å². The van der Waals surface area contributed by atoms with Gasteiger partial charge in [-0.25, -0.2) is 9.67 Å². The Balaban J connectivity index is 1.57. The summed E-state index contributed by atoms with van der Waals surface area (Å²) in [7, 11) is 1.51. The number of imidazole rings is 1. The van der Waals surface area contributed by atoms with E-state index in [1.807, 2.05) is 30.5 Å². The highest BCUT2D eigenvalue weighted by Gasteiger charge is 2.16. The fourth-order valence-electron chi connectivity index (χ4n) is 2.62. The Kier molecular flexibility index (Phi) is 3.89. The summed E-state index contributed by atoms with van der Waals surface area (Å²) in [5.41, 5.74) is 2.40. The SMILES string of the molecule is Cn1nc(C(=O)Nc2cccc(-c3cn4c(n3)SCC4)c2)ccc1=O. The van der Waals surface area contributed by atoms with E-state index in [4.69, 9.17) is 0 Å². The van der Waals surface area contributed by atoms with Gasteiger partial charge in [0, 0.05) is 42.9 Å². The molecule has 126 valence electrons. The quantitative estimate of drug-likeness (QED) is 0.779. The van der Waals surface area contributed by atoms with Gasteiger partial charge in [0.25, 0.3) is 11.5 Å². The van der Waals surface area contributed by atoms with Crippen LogP contribution in [0.1, 0.15) is 10.5 Å². The van der Waals surface area contributed by atoms with E-state index in [9.17, 15) is 9.59 Å². The van der Waals surface area contributed by atoms with E-state index < -0.39 is 0 Å². The van der Waals surface area contributed by atoms with Crippen LogP contribution in [0.15, 0.2) is 52.5 Å². The first-order valence-electron chi connectivity index (χ1n) is 7.76. The average Bonchev–Trinajstić information content (AvgIpc) is 3.19. The summed E-state index contributed by atoms with van der Waals surface area (Å²) in [5, 5.41) is 7.79. The number of rotatable bonds is 3. The molecule has 0 atom stereocenters. The molecule has 1 aliphatic heterocycles. The topological polar surface area (TPSA) is 81.8 Å². The normalized spacial score (nSPS) is 12.8. The van der Waals surface area contributed by atoms with Crippen molar-refractivity contribution in [2.75, 3.05) is 11.1 Å². The summed E-state index contributed by atoms with van der Waals surface area (Å²) in [6.45, 7) is 0.974. The fourth-order valence-corrected chi connectivity index (χ4v) is 3.57. The number of nitrogens with one attached hydrogen (secondary N) is 1. The van der Waals surface area contributed by atoms with Crippen LogP contribution in [0.5, 0.6) is 0 Å². The standard InChI is InChI=1S/C17H15N5O2S/c1-21-15(23)6-5-13(20-21)16(24)18-12-4-2-3-11(9-12)14-10-22-7-8-25-17(22)19-14/h2-6,9-10H,7-8H2,1H3,(H,18,24). The average molecular weight is 353 g/mol. The summed E-state index contributed by atoms with van der Waals surface area (Å²) in [5.74, 6) is 0.696. The highest BCUT2D eigenvalue weighted by molar-refractivity contribution is 7.99. The Morgan fingerprint density at radius 2 is 2.16 bits per heavy atom. The van der Waals surface area contributed by atoms with Gasteiger partial charge in [-0.1, -0.05) is 23.9 Å². The zero-order valence-corrected chi connectivity index (χ0v) is 14.3. The molecule has 7 nitrogen and oxygen atoms in total. The Morgan fingerprint density at radius 3 is 2.96 bits per heavy atom. The second kappa shape index (κ2) is 6.21. The maximum atomic E-state index is 12.3. The number of hydrogen-bond acceptors (Lipinski definition) is 5. The van der Waals surface area contributed by atoms with Crippen LogP contribution >= 0.6 is 11.8 Å². The summed E-state index contributed by atoms with van der Waals surface area (Å²) >= 11 is 1.74. The van der Waals surface area contributed by atoms with Crippen LogP contribution in [0.2, 0.25) is 0 Å². The number of aryl methyl sites for hydroxylation is 2. The predicted molar refractivity (Wildman–Crippen MR) is 95.8 cm³/mol. The van der Waals surface area contributed by atoms with E-state index in [2.05, 4.69) is 20.0 Å². The number of amides is 1. The lowest BCUT2D eigenvalue weighted by Crippen LogP contribution is -2.23. The lowest BCUT2D eigenvalue weighted by molar-refractivity contribution is 0.102. The molecule has 1 N–H and O–H groups in total. The van der Waals surface area contributed by atoms with Crippen molar-refractivity contribution in [2.45, 2.75) is 11.7 Å². The van der Waals surface area contributed by atoms with Crippen LogP contribution in [0.3, 0.4) is 0 Å². The Morgan fingerprint density at radius 1 is 1.28 bits per heavy atom. The molecule has 3 aromatic rings. The zero-order valence-electron chi connectivity index (χ0n) is 13.5. The first-order chi connectivity index (χ1) is 12.1. The largest absolute Gasteiger partial charge is 0.325 e. The number of carbonyl (C=O) groups excluding carboxylic acids is 1. The molecule has 0 unspecified atom stereocenters. The molecule has 0 aliphatic carbocycles. The van der Waals surface area contributed by atoms with Crippen molar-refractivity contribution >= 4 is 23.4 Å². The summed E-state index contributed by atoms with van der Waals surface area (Å²) < 4.78 is 3.27. The van der Waals surface area contributed by atoms with Crippen LogP contribution in [-0.2, 0) is 13.6 Å². The molecule has 25 heavy (non-hydrogen) atoms. The van der Waals surface area contributed by atoms with Crippen LogP contribution in [0.25, 0.3) is 11.3 Å². The van der Waals surface area contributed by atoms with Gasteiger partial charge < -0.3 is 9.88 Å². The van der Waals surface area contributed by atoms with Gasteiger partial charge in [-0.15, -0.1) is 0 Å². The first kappa shape index (κ1) is 15.6. The van der Waals surface area contributed by atoms with Crippen LogP contribution in [-0.4, -0.2) is 31.0 Å². The molecule has 3 heterocycles. The van der Waals surface area contributed by atoms with E-state index in [0.29, 0.717) is 5.69 Å². The number of nitrogens with zero attached hydrogens (tertiary/aromatic N) is 4. The minimum absolute atomic E-state index is 0.185. The van der Waals surface area contributed by atoms with Crippen molar-refractivity contribution in [2.24, 2.45) is 7.05 Å². The van der Waals surface area contributed by atoms with Crippen molar-refractivity contribution in [1.29, 1.82) is 0 Å². The van der Waals surface area contributed by atoms with Crippen molar-refractivity contribution in [1.82, 2.24) is 19.3 Å². The number of benzene rings is 1. The molecule has 1 aromatic carbocycles. The Labute approximate surface area is 147 Å². The molecule has 2 aromatic heterocycles. The van der Waals surface area contributed by atoms with E-state index in [1.165, 1.54) is 19.2 Å². The van der Waals surface area contributed by atoms with Crippen LogP contribution in [0, 0.1) is 0 Å². The molecule has 0 fully saturated rings. The molecule has 1 aliphatic rings. The van der Waals surface area contributed by atoms with E-state index in [0.717, 1.165) is 33.4 Å². The molecule has 0 radical (unpaired) electrons. The third kappa shape index (κ3) is 3.08. The van der Waals surface area contributed by atoms with Crippen molar-refractivity contribution in [3.05, 3.63) is 58.6 Å². The van der Waals surface area contributed by atoms with Gasteiger partial charge in [-0.2, -0.15) is 5.10 Å². The minimum atomic E-state index is -0.365. The highest BCUT2D eigenvalue weighted by Crippen LogP contribution is 2.29. The molecule has 0 saturated carbocycles. The van der Waals surface area contributed by atoms with E-state index in [1.54, 1.807) is 11.8 Å². The number of anilines is 1. The van der Waals surface area contributed by atoms with Crippen molar-refractivity contribution in [3.8, 4) is 11.3 Å². The third-order valence-corrected chi connectivity index (χ3v) is 4.88. The van der Waals surface area contributed by atoms with Gasteiger partial charge in [0.15, 0.2) is 5.16 Å². The molecular formula is C17H15N5O2S. The second-order valence-electron chi connectivity index (χ2n) is 5.67. The molecule has 4 rings (SSSR count). The third-order valence-electron chi connectivity index (χ3n) is 3.91. The first-order valence-corrected chi connectivity index (χ1v) is 8.75. The summed E-state index contributed by atoms with van der Waals surface area (Å²) in [4.78, 5) is 28.3. The smallest absolute Gasteiger partial charge is 0.276 e. The number of carbonyl (C=O) groups is 1. The fraction of sp³-hybridized carbons (Fsp3) is 0.176. The van der Waals surface area contributed by atoms with Gasteiger partial charge in [0.05, 0.1) is 5.69 Å². The van der Waals surface area contributed by atoms with Crippen LogP contribution in [0.4, 0.5) is 5.69 Å². The maximum Gasteiger partial charge on any atom is 0.276 e. The number of hydrogen-bond donors (Lipinski definition) is 1. The minimum Gasteiger partial charge on any atom is -0.325 e. The van der Waals surface area contributed by atoms with Gasteiger partial charge >= 0.3 is 0 Å². The maximum absolute atomic E-state index is 12.3. The van der Waals surface area contributed by atoms with Gasteiger partial charge in [0.2, 0.25) is 0 Å². The zero-order chi connectivity index (χ0) is 17.4. The lowest BCUT2D eigenvalue weighted by atomic mass is 10.1. The van der Waals surface area contributed by atoms with Gasteiger partial charge in [0.1, 0.15) is 5.69 Å². The monoisotopic (exact) mass is 353 g/mol. The van der Waals surface area contributed by atoms with Crippen molar-refractivity contribution < 1.29 is 4.79 Å². The Bertz CT molecular complexity index is 1000. The molecule has 1 amide bonds. The van der Waals surface area contributed by atoms with Gasteiger partial charge in [-0.3, -0.25) is 9.59 Å². The van der Waals surface area contributed by atoms with Crippen LogP contribution < -0.4 is 10.9 Å². The molecule has 0 bridgehead atoms. The lowest BCUT2D eigenvalue weighted by Gasteiger charge is -2.07. The molecule has 0 spiro atoms. The van der Waals surface area contributed by atoms with Crippen molar-refractivity contribution in [3.63, 3.8) is 0 Å². The number of thioether (sulfide) groups is 1. The van der Waals surface area contributed by atoms with Gasteiger partial charge in [-0.05, 0) is 18.2 Å². The molecule has 8 heteroatoms. The van der Waals surface area contributed by atoms with E-state index in [-0.39, 0.29) is 17.2 Å². The second-order valence-corrected chi connectivity index (χ2v) is 6.73. The Hall–Kier alpha value is -2.87. The predicted octanol–water partition coefficient (Wildman–Crippen LogP) is 2.00.